The fourth-order valence-electron chi connectivity index (χ4n) is 2.08. The molecule has 0 atom stereocenters. The summed E-state index contributed by atoms with van der Waals surface area (Å²) in [4.78, 5) is 12.1. The SMILES string of the molecule is CC(C)C1=C(C(C)C)C(=O)NN(C(C)C)C1. The number of rotatable bonds is 3. The van der Waals surface area contributed by atoms with Crippen molar-refractivity contribution >= 4 is 5.91 Å². The van der Waals surface area contributed by atoms with Gasteiger partial charge in [0.25, 0.3) is 5.91 Å². The quantitative estimate of drug-likeness (QED) is 0.798. The van der Waals surface area contributed by atoms with Gasteiger partial charge in [0.15, 0.2) is 0 Å². The molecule has 0 saturated heterocycles. The van der Waals surface area contributed by atoms with Crippen LogP contribution in [0.4, 0.5) is 0 Å². The van der Waals surface area contributed by atoms with Gasteiger partial charge in [-0.2, -0.15) is 0 Å². The van der Waals surface area contributed by atoms with Crippen LogP contribution in [0.2, 0.25) is 0 Å². The predicted octanol–water partition coefficient (Wildman–Crippen LogP) is 2.35. The normalized spacial score (nSPS) is 18.9. The van der Waals surface area contributed by atoms with Gasteiger partial charge in [0.1, 0.15) is 0 Å². The largest absolute Gasteiger partial charge is 0.285 e. The Balaban J connectivity index is 3.07. The fraction of sp³-hybridized carbons (Fsp3) is 0.769. The van der Waals surface area contributed by atoms with Gasteiger partial charge in [0.05, 0.1) is 0 Å². The summed E-state index contributed by atoms with van der Waals surface area (Å²) >= 11 is 0. The van der Waals surface area contributed by atoms with Gasteiger partial charge in [-0.1, -0.05) is 27.7 Å². The fourth-order valence-corrected chi connectivity index (χ4v) is 2.08. The number of nitrogens with one attached hydrogen (secondary N) is 1. The molecule has 0 radical (unpaired) electrons. The number of hydrogen-bond donors (Lipinski definition) is 1. The second kappa shape index (κ2) is 5.00. The van der Waals surface area contributed by atoms with E-state index in [2.05, 4.69) is 47.0 Å². The summed E-state index contributed by atoms with van der Waals surface area (Å²) in [6.45, 7) is 13.5. The second-order valence-corrected chi connectivity index (χ2v) is 5.41. The molecule has 92 valence electrons. The summed E-state index contributed by atoms with van der Waals surface area (Å²) in [5, 5.41) is 2.02. The van der Waals surface area contributed by atoms with E-state index in [1.54, 1.807) is 0 Å². The molecule has 0 spiro atoms. The molecule has 1 N–H and O–H groups in total. The highest BCUT2D eigenvalue weighted by Gasteiger charge is 2.29. The minimum absolute atomic E-state index is 0.0821. The van der Waals surface area contributed by atoms with Gasteiger partial charge >= 0.3 is 0 Å². The number of hydrazine groups is 1. The van der Waals surface area contributed by atoms with E-state index in [-0.39, 0.29) is 5.91 Å². The maximum absolute atomic E-state index is 12.1. The van der Waals surface area contributed by atoms with E-state index in [0.717, 1.165) is 12.1 Å². The lowest BCUT2D eigenvalue weighted by molar-refractivity contribution is -0.124. The van der Waals surface area contributed by atoms with Crippen LogP contribution in [0.5, 0.6) is 0 Å². The van der Waals surface area contributed by atoms with Crippen molar-refractivity contribution < 1.29 is 4.79 Å². The van der Waals surface area contributed by atoms with Gasteiger partial charge in [-0.25, -0.2) is 5.01 Å². The van der Waals surface area contributed by atoms with Crippen LogP contribution in [0.15, 0.2) is 11.1 Å². The summed E-state index contributed by atoms with van der Waals surface area (Å²) in [6, 6.07) is 0.339. The average Bonchev–Trinajstić information content (AvgIpc) is 2.15. The number of carbonyl (C=O) groups is 1. The van der Waals surface area contributed by atoms with Crippen molar-refractivity contribution in [1.29, 1.82) is 0 Å². The van der Waals surface area contributed by atoms with Gasteiger partial charge in [-0.3, -0.25) is 10.2 Å². The Morgan fingerprint density at radius 1 is 1.06 bits per heavy atom. The number of hydrogen-bond acceptors (Lipinski definition) is 2. The Kier molecular flexibility index (Phi) is 4.14. The molecular weight excluding hydrogens is 200 g/mol. The van der Waals surface area contributed by atoms with E-state index in [1.807, 2.05) is 5.01 Å². The highest BCUT2D eigenvalue weighted by molar-refractivity contribution is 5.95. The highest BCUT2D eigenvalue weighted by Crippen LogP contribution is 2.25. The molecule has 0 aromatic carbocycles. The third-order valence-electron chi connectivity index (χ3n) is 3.07. The lowest BCUT2D eigenvalue weighted by Crippen LogP contribution is -2.52. The molecule has 1 heterocycles. The van der Waals surface area contributed by atoms with Crippen LogP contribution < -0.4 is 5.43 Å². The summed E-state index contributed by atoms with van der Waals surface area (Å²) in [5.41, 5.74) is 5.23. The summed E-state index contributed by atoms with van der Waals surface area (Å²) < 4.78 is 0. The van der Waals surface area contributed by atoms with E-state index in [0.29, 0.717) is 17.9 Å². The third kappa shape index (κ3) is 2.64. The van der Waals surface area contributed by atoms with E-state index in [9.17, 15) is 4.79 Å². The third-order valence-corrected chi connectivity index (χ3v) is 3.07. The van der Waals surface area contributed by atoms with Crippen LogP contribution in [0.1, 0.15) is 41.5 Å². The topological polar surface area (TPSA) is 32.3 Å². The molecule has 3 heteroatoms. The zero-order chi connectivity index (χ0) is 12.5. The van der Waals surface area contributed by atoms with Crippen molar-refractivity contribution in [2.45, 2.75) is 47.6 Å². The van der Waals surface area contributed by atoms with Crippen molar-refractivity contribution in [3.63, 3.8) is 0 Å². The Hall–Kier alpha value is -0.830. The molecule has 0 saturated carbocycles. The summed E-state index contributed by atoms with van der Waals surface area (Å²) in [6.07, 6.45) is 0. The van der Waals surface area contributed by atoms with Gasteiger partial charge in [0, 0.05) is 18.2 Å². The van der Waals surface area contributed by atoms with Crippen molar-refractivity contribution in [1.82, 2.24) is 10.4 Å². The van der Waals surface area contributed by atoms with Crippen LogP contribution >= 0.6 is 0 Å². The number of nitrogens with zero attached hydrogens (tertiary/aromatic N) is 1. The molecule has 0 bridgehead atoms. The minimum atomic E-state index is 0.0821. The first-order chi connectivity index (χ1) is 7.34. The standard InChI is InChI=1S/C13H24N2O/c1-8(2)11-7-15(10(5)6)14-13(16)12(11)9(3)4/h8-10H,7H2,1-6H3,(H,14,16). The van der Waals surface area contributed by atoms with E-state index >= 15 is 0 Å². The first-order valence-corrected chi connectivity index (χ1v) is 6.15. The molecule has 1 amide bonds. The summed E-state index contributed by atoms with van der Waals surface area (Å²) in [7, 11) is 0. The molecular formula is C13H24N2O. The molecule has 16 heavy (non-hydrogen) atoms. The minimum Gasteiger partial charge on any atom is -0.285 e. The molecule has 0 aromatic heterocycles. The van der Waals surface area contributed by atoms with Crippen LogP contribution in [0.25, 0.3) is 0 Å². The Morgan fingerprint density at radius 2 is 1.62 bits per heavy atom. The lowest BCUT2D eigenvalue weighted by Gasteiger charge is -2.36. The number of carbonyl (C=O) groups excluding carboxylic acids is 1. The van der Waals surface area contributed by atoms with Crippen molar-refractivity contribution in [2.24, 2.45) is 11.8 Å². The monoisotopic (exact) mass is 224 g/mol. The van der Waals surface area contributed by atoms with Crippen LogP contribution in [0, 0.1) is 11.8 Å². The molecule has 0 unspecified atom stereocenters. The molecule has 0 aliphatic carbocycles. The van der Waals surface area contributed by atoms with Crippen LogP contribution in [0.3, 0.4) is 0 Å². The first kappa shape index (κ1) is 13.2. The average molecular weight is 224 g/mol. The van der Waals surface area contributed by atoms with Crippen LogP contribution in [-0.2, 0) is 4.79 Å². The predicted molar refractivity (Wildman–Crippen MR) is 66.7 cm³/mol. The van der Waals surface area contributed by atoms with Gasteiger partial charge in [-0.15, -0.1) is 0 Å². The van der Waals surface area contributed by atoms with E-state index < -0.39 is 0 Å². The zero-order valence-corrected chi connectivity index (χ0v) is 11.3. The number of amides is 1. The maximum atomic E-state index is 12.1. The molecule has 3 nitrogen and oxygen atoms in total. The van der Waals surface area contributed by atoms with Crippen molar-refractivity contribution in [2.75, 3.05) is 6.54 Å². The molecule has 1 aliphatic heterocycles. The molecule has 1 aliphatic rings. The first-order valence-electron chi connectivity index (χ1n) is 6.15. The molecule has 1 rings (SSSR count). The van der Waals surface area contributed by atoms with Crippen molar-refractivity contribution in [3.8, 4) is 0 Å². The zero-order valence-electron chi connectivity index (χ0n) is 11.3. The van der Waals surface area contributed by atoms with E-state index in [4.69, 9.17) is 0 Å². The van der Waals surface area contributed by atoms with Gasteiger partial charge in [0.2, 0.25) is 0 Å². The lowest BCUT2D eigenvalue weighted by atomic mass is 9.88. The van der Waals surface area contributed by atoms with Crippen molar-refractivity contribution in [3.05, 3.63) is 11.1 Å². The second-order valence-electron chi connectivity index (χ2n) is 5.41. The van der Waals surface area contributed by atoms with Gasteiger partial charge in [-0.05, 0) is 31.3 Å². The smallest absolute Gasteiger partial charge is 0.261 e. The highest BCUT2D eigenvalue weighted by atomic mass is 16.2. The van der Waals surface area contributed by atoms with Crippen LogP contribution in [-0.4, -0.2) is 23.5 Å². The molecule has 0 aromatic rings. The Labute approximate surface area is 98.9 Å². The molecule has 0 fully saturated rings. The maximum Gasteiger partial charge on any atom is 0.261 e. The Bertz CT molecular complexity index is 303. The summed E-state index contributed by atoms with van der Waals surface area (Å²) in [5.74, 6) is 0.815. The van der Waals surface area contributed by atoms with Gasteiger partial charge < -0.3 is 0 Å². The van der Waals surface area contributed by atoms with E-state index in [1.165, 1.54) is 5.57 Å². The Morgan fingerprint density at radius 3 is 2.00 bits per heavy atom.